The standard InChI is InChI=1S/C14H21N3.2ClH/c1-2-4-14-12-17(11-13(14)3-1)10-9-16-7-5-15-6-8-16;;/h1-4,15H,5-12H2;2*1H. The van der Waals surface area contributed by atoms with E-state index in [9.17, 15) is 0 Å². The summed E-state index contributed by atoms with van der Waals surface area (Å²) < 4.78 is 0. The number of fused-ring (bicyclic) bond motifs is 1. The van der Waals surface area contributed by atoms with Crippen molar-refractivity contribution < 1.29 is 0 Å². The quantitative estimate of drug-likeness (QED) is 0.918. The van der Waals surface area contributed by atoms with Gasteiger partial charge in [-0.2, -0.15) is 0 Å². The molecule has 0 amide bonds. The molecule has 19 heavy (non-hydrogen) atoms. The van der Waals surface area contributed by atoms with Crippen LogP contribution in [0.5, 0.6) is 0 Å². The minimum Gasteiger partial charge on any atom is -0.314 e. The zero-order valence-corrected chi connectivity index (χ0v) is 12.8. The maximum absolute atomic E-state index is 3.40. The summed E-state index contributed by atoms with van der Waals surface area (Å²) in [4.78, 5) is 5.13. The van der Waals surface area contributed by atoms with Crippen molar-refractivity contribution in [3.8, 4) is 0 Å². The lowest BCUT2D eigenvalue weighted by Gasteiger charge is -2.28. The van der Waals surface area contributed by atoms with Gasteiger partial charge in [0.2, 0.25) is 0 Å². The van der Waals surface area contributed by atoms with Gasteiger partial charge < -0.3 is 5.32 Å². The number of nitrogens with zero attached hydrogens (tertiary/aromatic N) is 2. The Morgan fingerprint density at radius 2 is 1.37 bits per heavy atom. The van der Waals surface area contributed by atoms with Crippen molar-refractivity contribution in [3.63, 3.8) is 0 Å². The molecule has 1 saturated heterocycles. The number of benzene rings is 1. The van der Waals surface area contributed by atoms with Gasteiger partial charge in [0, 0.05) is 52.4 Å². The van der Waals surface area contributed by atoms with Crippen LogP contribution in [0.15, 0.2) is 24.3 Å². The van der Waals surface area contributed by atoms with Crippen molar-refractivity contribution >= 4 is 24.8 Å². The highest BCUT2D eigenvalue weighted by molar-refractivity contribution is 5.85. The van der Waals surface area contributed by atoms with E-state index in [-0.39, 0.29) is 24.8 Å². The summed E-state index contributed by atoms with van der Waals surface area (Å²) in [5.74, 6) is 0. The molecule has 1 fully saturated rings. The van der Waals surface area contributed by atoms with Gasteiger partial charge in [0.25, 0.3) is 0 Å². The summed E-state index contributed by atoms with van der Waals surface area (Å²) in [6.07, 6.45) is 0. The Hall–Kier alpha value is -0.320. The average Bonchev–Trinajstić information content (AvgIpc) is 2.80. The lowest BCUT2D eigenvalue weighted by Crippen LogP contribution is -2.45. The Morgan fingerprint density at radius 3 is 1.95 bits per heavy atom. The van der Waals surface area contributed by atoms with E-state index in [2.05, 4.69) is 39.4 Å². The van der Waals surface area contributed by atoms with E-state index >= 15 is 0 Å². The number of piperazine rings is 1. The summed E-state index contributed by atoms with van der Waals surface area (Å²) in [6, 6.07) is 8.83. The van der Waals surface area contributed by atoms with Crippen molar-refractivity contribution in [2.45, 2.75) is 13.1 Å². The van der Waals surface area contributed by atoms with Crippen molar-refractivity contribution in [3.05, 3.63) is 35.4 Å². The highest BCUT2D eigenvalue weighted by Crippen LogP contribution is 2.21. The largest absolute Gasteiger partial charge is 0.314 e. The van der Waals surface area contributed by atoms with Crippen LogP contribution in [0, 0.1) is 0 Å². The zero-order valence-electron chi connectivity index (χ0n) is 11.2. The number of hydrogen-bond acceptors (Lipinski definition) is 3. The second-order valence-corrected chi connectivity index (χ2v) is 5.07. The second kappa shape index (κ2) is 8.08. The summed E-state index contributed by atoms with van der Waals surface area (Å²) in [5, 5.41) is 3.40. The molecule has 108 valence electrons. The second-order valence-electron chi connectivity index (χ2n) is 5.07. The van der Waals surface area contributed by atoms with Crippen LogP contribution in [-0.4, -0.2) is 49.1 Å². The Labute approximate surface area is 128 Å². The van der Waals surface area contributed by atoms with Crippen LogP contribution in [0.1, 0.15) is 11.1 Å². The molecule has 1 aromatic carbocycles. The van der Waals surface area contributed by atoms with E-state index in [1.54, 1.807) is 0 Å². The third-order valence-corrected chi connectivity index (χ3v) is 3.85. The zero-order chi connectivity index (χ0) is 11.5. The van der Waals surface area contributed by atoms with Gasteiger partial charge in [-0.1, -0.05) is 24.3 Å². The molecule has 0 bridgehead atoms. The molecule has 0 spiro atoms. The first-order valence-electron chi connectivity index (χ1n) is 6.64. The van der Waals surface area contributed by atoms with Crippen LogP contribution >= 0.6 is 24.8 Å². The molecule has 0 radical (unpaired) electrons. The first-order chi connectivity index (χ1) is 8.42. The maximum Gasteiger partial charge on any atom is 0.0241 e. The molecule has 0 atom stereocenters. The molecule has 0 saturated carbocycles. The van der Waals surface area contributed by atoms with Crippen molar-refractivity contribution in [2.24, 2.45) is 0 Å². The maximum atomic E-state index is 3.40. The summed E-state index contributed by atoms with van der Waals surface area (Å²) >= 11 is 0. The van der Waals surface area contributed by atoms with Gasteiger partial charge in [-0.05, 0) is 11.1 Å². The molecular formula is C14H23Cl2N3. The summed E-state index contributed by atoms with van der Waals surface area (Å²) in [5.41, 5.74) is 3.04. The van der Waals surface area contributed by atoms with E-state index in [1.165, 1.54) is 37.3 Å². The fourth-order valence-corrected chi connectivity index (χ4v) is 2.78. The lowest BCUT2D eigenvalue weighted by molar-refractivity contribution is 0.189. The molecule has 1 N–H and O–H groups in total. The van der Waals surface area contributed by atoms with Crippen LogP contribution in [0.3, 0.4) is 0 Å². The highest BCUT2D eigenvalue weighted by Gasteiger charge is 2.18. The van der Waals surface area contributed by atoms with Crippen molar-refractivity contribution in [1.82, 2.24) is 15.1 Å². The van der Waals surface area contributed by atoms with Crippen LogP contribution in [0.4, 0.5) is 0 Å². The topological polar surface area (TPSA) is 18.5 Å². The van der Waals surface area contributed by atoms with Gasteiger partial charge in [-0.15, -0.1) is 24.8 Å². The van der Waals surface area contributed by atoms with E-state index in [0.29, 0.717) is 0 Å². The summed E-state index contributed by atoms with van der Waals surface area (Å²) in [6.45, 7) is 9.43. The molecule has 0 aliphatic carbocycles. The minimum absolute atomic E-state index is 0. The smallest absolute Gasteiger partial charge is 0.0241 e. The third-order valence-electron chi connectivity index (χ3n) is 3.85. The van der Waals surface area contributed by atoms with Crippen LogP contribution in [0.2, 0.25) is 0 Å². The average molecular weight is 304 g/mol. The fraction of sp³-hybridized carbons (Fsp3) is 0.571. The van der Waals surface area contributed by atoms with Crippen LogP contribution in [0.25, 0.3) is 0 Å². The molecule has 0 unspecified atom stereocenters. The Kier molecular flexibility index (Phi) is 7.11. The van der Waals surface area contributed by atoms with Crippen molar-refractivity contribution in [1.29, 1.82) is 0 Å². The highest BCUT2D eigenvalue weighted by atomic mass is 35.5. The predicted molar refractivity (Wildman–Crippen MR) is 84.4 cm³/mol. The molecule has 2 aliphatic rings. The minimum atomic E-state index is 0. The molecule has 5 heteroatoms. The monoisotopic (exact) mass is 303 g/mol. The molecule has 3 rings (SSSR count). The Bertz CT molecular complexity index is 356. The van der Waals surface area contributed by atoms with E-state index in [1.807, 2.05) is 0 Å². The summed E-state index contributed by atoms with van der Waals surface area (Å²) in [7, 11) is 0. The predicted octanol–water partition coefficient (Wildman–Crippen LogP) is 1.75. The SMILES string of the molecule is Cl.Cl.c1ccc2c(c1)CN(CCN1CCNCC1)C2. The van der Waals surface area contributed by atoms with Gasteiger partial charge in [0.15, 0.2) is 0 Å². The van der Waals surface area contributed by atoms with E-state index in [0.717, 1.165) is 26.2 Å². The normalized spacial score (nSPS) is 19.4. The van der Waals surface area contributed by atoms with Crippen molar-refractivity contribution in [2.75, 3.05) is 39.3 Å². The van der Waals surface area contributed by atoms with Crippen LogP contribution in [-0.2, 0) is 13.1 Å². The number of halogens is 2. The molecule has 3 nitrogen and oxygen atoms in total. The van der Waals surface area contributed by atoms with Gasteiger partial charge >= 0.3 is 0 Å². The molecule has 0 aromatic heterocycles. The van der Waals surface area contributed by atoms with Gasteiger partial charge in [-0.25, -0.2) is 0 Å². The van der Waals surface area contributed by atoms with Gasteiger partial charge in [-0.3, -0.25) is 9.80 Å². The van der Waals surface area contributed by atoms with Gasteiger partial charge in [0.05, 0.1) is 0 Å². The first-order valence-corrected chi connectivity index (χ1v) is 6.64. The molecular weight excluding hydrogens is 281 g/mol. The number of hydrogen-bond donors (Lipinski definition) is 1. The Balaban J connectivity index is 0.000000902. The number of nitrogens with one attached hydrogen (secondary N) is 1. The fourth-order valence-electron chi connectivity index (χ4n) is 2.78. The Morgan fingerprint density at radius 1 is 0.842 bits per heavy atom. The third kappa shape index (κ3) is 4.33. The lowest BCUT2D eigenvalue weighted by atomic mass is 10.1. The molecule has 2 heterocycles. The van der Waals surface area contributed by atoms with E-state index < -0.39 is 0 Å². The molecule has 1 aromatic rings. The van der Waals surface area contributed by atoms with Crippen LogP contribution < -0.4 is 5.32 Å². The van der Waals surface area contributed by atoms with E-state index in [4.69, 9.17) is 0 Å². The van der Waals surface area contributed by atoms with Gasteiger partial charge in [0.1, 0.15) is 0 Å². The first kappa shape index (κ1) is 16.7. The number of rotatable bonds is 3. The molecule has 2 aliphatic heterocycles.